The minimum atomic E-state index is -3.01. The molecule has 0 amide bonds. The molecule has 0 spiro atoms. The first-order valence-electron chi connectivity index (χ1n) is 5.38. The van der Waals surface area contributed by atoms with Crippen LogP contribution in [0, 0.1) is 0 Å². The van der Waals surface area contributed by atoms with Crippen LogP contribution in [0.15, 0.2) is 0 Å². The van der Waals surface area contributed by atoms with Crippen molar-refractivity contribution in [3.63, 3.8) is 0 Å². The minimum absolute atomic E-state index is 0.293. The Labute approximate surface area is 78.5 Å². The Hall–Kier alpha value is 0.571. The lowest BCUT2D eigenvalue weighted by atomic mass is 11.8. The fourth-order valence-corrected chi connectivity index (χ4v) is 8.76. The normalized spacial score (nSPS) is 18.8. The Bertz CT molecular complexity index is 193. The topological polar surface area (TPSA) is 18.5 Å². The van der Waals surface area contributed by atoms with Gasteiger partial charge in [-0.25, -0.2) is 0 Å². The van der Waals surface area contributed by atoms with Gasteiger partial charge in [0.1, 0.15) is 9.63 Å². The second-order valence-electron chi connectivity index (χ2n) is 3.57. The van der Waals surface area contributed by atoms with Gasteiger partial charge in [0.05, 0.1) is 0 Å². The molecule has 0 aromatic carbocycles. The lowest BCUT2D eigenvalue weighted by molar-refractivity contribution is 0.412. The first-order chi connectivity index (χ1) is 5.97. The summed E-state index contributed by atoms with van der Waals surface area (Å²) in [7, 11) is -7.33. The quantitative estimate of drug-likeness (QED) is 0.659. The van der Waals surface area contributed by atoms with E-state index < -0.39 is 26.5 Å². The molecule has 0 radical (unpaired) electrons. The summed E-state index contributed by atoms with van der Waals surface area (Å²) in [5.41, 5.74) is 0. The summed E-state index contributed by atoms with van der Waals surface area (Å²) in [4.78, 5) is 0. The highest BCUT2D eigenvalue weighted by Gasteiger charge is 2.30. The van der Waals surface area contributed by atoms with Crippen LogP contribution in [0.5, 0.6) is 0 Å². The Kier molecular flexibility index (Phi) is 2.55. The van der Waals surface area contributed by atoms with Gasteiger partial charge in [0.2, 0.25) is 0 Å². The molecular weight excluding hydrogens is 188 g/mol. The maximum Gasteiger partial charge on any atom is 0.310 e. The van der Waals surface area contributed by atoms with E-state index in [1.165, 1.54) is 6.55 Å². The zero-order chi connectivity index (χ0) is 11.6. The molecule has 0 aromatic rings. The SMILES string of the molecule is [2H]C[Si](C)(C)O[Si](C)(C)O[Si]([2H])([2H])C. The standard InChI is InChI=1S/C6H20O2Si3/c1-9-7-11(5,6)8-10(2,3)4/h9H2,1-6H3/i2D,9D2. The molecule has 0 aromatic heterocycles. The Balaban J connectivity index is 4.35. The summed E-state index contributed by atoms with van der Waals surface area (Å²) in [6.07, 6.45) is 0. The van der Waals surface area contributed by atoms with Gasteiger partial charge in [-0.3, -0.25) is 0 Å². The average molecular weight is 212 g/mol. The zero-order valence-electron chi connectivity index (χ0n) is 11.0. The van der Waals surface area contributed by atoms with Gasteiger partial charge in [-0.05, 0) is 32.7 Å². The Morgan fingerprint density at radius 2 is 1.91 bits per heavy atom. The zero-order valence-corrected chi connectivity index (χ0v) is 11.0. The van der Waals surface area contributed by atoms with E-state index in [-0.39, 0.29) is 0 Å². The van der Waals surface area contributed by atoms with Crippen molar-refractivity contribution in [2.45, 2.75) is 39.3 Å². The van der Waals surface area contributed by atoms with E-state index in [0.717, 1.165) is 0 Å². The van der Waals surface area contributed by atoms with Gasteiger partial charge >= 0.3 is 8.56 Å². The molecule has 11 heavy (non-hydrogen) atoms. The van der Waals surface area contributed by atoms with E-state index >= 15 is 0 Å². The molecule has 5 heteroatoms. The molecule has 0 saturated heterocycles. The van der Waals surface area contributed by atoms with Crippen LogP contribution < -0.4 is 0 Å². The molecule has 0 saturated carbocycles. The molecule has 68 valence electrons. The lowest BCUT2D eigenvalue weighted by Crippen LogP contribution is -2.45. The van der Waals surface area contributed by atoms with Gasteiger partial charge in [-0.1, -0.05) is 6.55 Å². The molecule has 0 aliphatic carbocycles. The third-order valence-electron chi connectivity index (χ3n) is 0.870. The molecule has 0 rings (SSSR count). The van der Waals surface area contributed by atoms with Crippen LogP contribution in [-0.4, -0.2) is 29.0 Å². The summed E-state index contributed by atoms with van der Waals surface area (Å²) in [6, 6.07) is 0. The van der Waals surface area contributed by atoms with E-state index in [2.05, 4.69) is 0 Å². The van der Waals surface area contributed by atoms with Gasteiger partial charge in [0.15, 0.2) is 8.32 Å². The molecule has 0 N–H and O–H groups in total. The van der Waals surface area contributed by atoms with Gasteiger partial charge in [-0.2, -0.15) is 0 Å². The molecule has 0 bridgehead atoms. The summed E-state index contributed by atoms with van der Waals surface area (Å²) in [5.74, 6) is 0. The van der Waals surface area contributed by atoms with Crippen LogP contribution in [0.25, 0.3) is 0 Å². The van der Waals surface area contributed by atoms with Crippen LogP contribution in [-0.2, 0) is 8.23 Å². The van der Waals surface area contributed by atoms with Crippen molar-refractivity contribution in [1.82, 2.24) is 0 Å². The van der Waals surface area contributed by atoms with Crippen LogP contribution in [0.4, 0.5) is 0 Å². The van der Waals surface area contributed by atoms with Crippen LogP contribution in [0.1, 0.15) is 1.37 Å². The molecule has 0 unspecified atom stereocenters. The number of rotatable bonds is 4. The molecule has 0 atom stereocenters. The second-order valence-corrected chi connectivity index (χ2v) is 11.9. The van der Waals surface area contributed by atoms with E-state index in [4.69, 9.17) is 12.1 Å². The smallest absolute Gasteiger partial charge is 0.310 e. The molecular formula is C6H20O2Si3. The predicted octanol–water partition coefficient (Wildman–Crippen LogP) is 1.69. The predicted molar refractivity (Wildman–Crippen MR) is 57.4 cm³/mol. The summed E-state index contributed by atoms with van der Waals surface area (Å²) >= 11 is 0. The van der Waals surface area contributed by atoms with Crippen molar-refractivity contribution in [2.75, 3.05) is 0 Å². The van der Waals surface area contributed by atoms with Crippen molar-refractivity contribution < 1.29 is 9.60 Å². The van der Waals surface area contributed by atoms with Crippen molar-refractivity contribution in [3.05, 3.63) is 0 Å². The van der Waals surface area contributed by atoms with E-state index in [9.17, 15) is 0 Å². The molecule has 2 nitrogen and oxygen atoms in total. The maximum absolute atomic E-state index is 7.46. The lowest BCUT2D eigenvalue weighted by Gasteiger charge is -2.30. The maximum atomic E-state index is 7.46. The highest BCUT2D eigenvalue weighted by atomic mass is 28.5. The molecule has 0 heterocycles. The van der Waals surface area contributed by atoms with Crippen LogP contribution >= 0.6 is 0 Å². The first kappa shape index (κ1) is 7.02. The third kappa shape index (κ3) is 6.95. The third-order valence-corrected chi connectivity index (χ3v) is 7.83. The van der Waals surface area contributed by atoms with Gasteiger partial charge in [0, 0.05) is 3.84 Å². The molecule has 0 aliphatic heterocycles. The fraction of sp³-hybridized carbons (Fsp3) is 1.00. The average Bonchev–Trinajstić information content (AvgIpc) is 1.78. The highest BCUT2D eigenvalue weighted by molar-refractivity contribution is 6.82. The van der Waals surface area contributed by atoms with E-state index in [1.807, 2.05) is 26.2 Å². The van der Waals surface area contributed by atoms with Crippen LogP contribution in [0.3, 0.4) is 0 Å². The van der Waals surface area contributed by atoms with Crippen molar-refractivity contribution in [2.24, 2.45) is 0 Å². The van der Waals surface area contributed by atoms with Crippen molar-refractivity contribution >= 4 is 26.5 Å². The minimum Gasteiger partial charge on any atom is -0.442 e. The monoisotopic (exact) mass is 211 g/mol. The summed E-state index contributed by atoms with van der Waals surface area (Å²) in [5, 5.41) is 0. The fourth-order valence-electron chi connectivity index (χ4n) is 0.932. The molecule has 0 fully saturated rings. The van der Waals surface area contributed by atoms with E-state index in [0.29, 0.717) is 6.52 Å². The van der Waals surface area contributed by atoms with Crippen molar-refractivity contribution in [1.29, 1.82) is 2.47 Å². The molecule has 0 aliphatic rings. The summed E-state index contributed by atoms with van der Waals surface area (Å²) < 4.78 is 33.5. The Morgan fingerprint density at radius 3 is 2.27 bits per heavy atom. The van der Waals surface area contributed by atoms with Gasteiger partial charge in [-0.15, -0.1) is 0 Å². The van der Waals surface area contributed by atoms with Crippen LogP contribution in [0.2, 0.25) is 39.3 Å². The van der Waals surface area contributed by atoms with Gasteiger partial charge in [0.25, 0.3) is 0 Å². The largest absolute Gasteiger partial charge is 0.442 e. The van der Waals surface area contributed by atoms with Gasteiger partial charge < -0.3 is 8.23 Å². The Morgan fingerprint density at radius 1 is 1.36 bits per heavy atom. The van der Waals surface area contributed by atoms with Crippen molar-refractivity contribution in [3.8, 4) is 0 Å². The number of hydrogen-bond donors (Lipinski definition) is 0. The highest BCUT2D eigenvalue weighted by Crippen LogP contribution is 2.14. The second kappa shape index (κ2) is 3.99. The van der Waals surface area contributed by atoms with E-state index in [1.54, 1.807) is 0 Å². The number of hydrogen-bond acceptors (Lipinski definition) is 2. The first-order valence-corrected chi connectivity index (χ1v) is 11.0. The summed E-state index contributed by atoms with van der Waals surface area (Å²) in [6.45, 7) is 9.44.